The standard InChI is InChI=1S/C59H39N3/c1-6-16-42(17-7-1)51-38-36-49-34-35-50-37-39-52(61-59(50)58(49)60-51)43-30-26-40(27-31-43)41-28-32-46(33-29-41)53-54(44-18-8-2-9-19-44)56(47-22-12-4-13-23-47)62-57(48-24-14-5-15-25-48)55(53)45-20-10-3-11-21-45/h1-39H. The molecule has 0 saturated carbocycles. The molecular formula is C59H39N3. The van der Waals surface area contributed by atoms with E-state index in [2.05, 4.69) is 218 Å². The summed E-state index contributed by atoms with van der Waals surface area (Å²) in [6.45, 7) is 0. The Kier molecular flexibility index (Phi) is 9.53. The number of hydrogen-bond donors (Lipinski definition) is 0. The van der Waals surface area contributed by atoms with Gasteiger partial charge in [-0.2, -0.15) is 0 Å². The first-order valence-electron chi connectivity index (χ1n) is 21.0. The Bertz CT molecular complexity index is 3230. The first-order chi connectivity index (χ1) is 30.7. The lowest BCUT2D eigenvalue weighted by Crippen LogP contribution is -2.01. The molecule has 3 heteroatoms. The maximum atomic E-state index is 5.59. The van der Waals surface area contributed by atoms with E-state index in [0.29, 0.717) is 0 Å². The normalized spacial score (nSPS) is 11.2. The van der Waals surface area contributed by atoms with Crippen LogP contribution < -0.4 is 0 Å². The average molecular weight is 790 g/mol. The van der Waals surface area contributed by atoms with Gasteiger partial charge in [0.2, 0.25) is 0 Å². The molecule has 11 aromatic rings. The van der Waals surface area contributed by atoms with Gasteiger partial charge in [0.15, 0.2) is 0 Å². The molecule has 0 unspecified atom stereocenters. The fourth-order valence-electron chi connectivity index (χ4n) is 8.62. The second-order valence-electron chi connectivity index (χ2n) is 15.5. The van der Waals surface area contributed by atoms with E-state index in [4.69, 9.17) is 15.0 Å². The molecule has 0 spiro atoms. The van der Waals surface area contributed by atoms with Gasteiger partial charge in [0, 0.05) is 49.7 Å². The molecule has 0 N–H and O–H groups in total. The van der Waals surface area contributed by atoms with Crippen LogP contribution in [0.25, 0.3) is 111 Å². The van der Waals surface area contributed by atoms with Gasteiger partial charge >= 0.3 is 0 Å². The fourth-order valence-corrected chi connectivity index (χ4v) is 8.62. The zero-order valence-electron chi connectivity index (χ0n) is 33.9. The van der Waals surface area contributed by atoms with Gasteiger partial charge in [0.05, 0.1) is 33.8 Å². The minimum atomic E-state index is 0.907. The molecule has 11 rings (SSSR count). The highest BCUT2D eigenvalue weighted by molar-refractivity contribution is 6.06. The van der Waals surface area contributed by atoms with Crippen LogP contribution in [0.3, 0.4) is 0 Å². The Balaban J connectivity index is 1.02. The van der Waals surface area contributed by atoms with Gasteiger partial charge in [0.25, 0.3) is 0 Å². The van der Waals surface area contributed by atoms with Crippen molar-refractivity contribution < 1.29 is 0 Å². The van der Waals surface area contributed by atoms with Crippen LogP contribution in [0.5, 0.6) is 0 Å². The quantitative estimate of drug-likeness (QED) is 0.144. The summed E-state index contributed by atoms with van der Waals surface area (Å²) in [4.78, 5) is 15.9. The highest BCUT2D eigenvalue weighted by Crippen LogP contribution is 2.49. The maximum Gasteiger partial charge on any atom is 0.0972 e. The van der Waals surface area contributed by atoms with Crippen molar-refractivity contribution in [3.63, 3.8) is 0 Å². The van der Waals surface area contributed by atoms with E-state index in [9.17, 15) is 0 Å². The number of pyridine rings is 3. The van der Waals surface area contributed by atoms with E-state index in [1.54, 1.807) is 0 Å². The number of rotatable bonds is 8. The summed E-state index contributed by atoms with van der Waals surface area (Å²) in [5, 5.41) is 2.15. The summed E-state index contributed by atoms with van der Waals surface area (Å²) < 4.78 is 0. The lowest BCUT2D eigenvalue weighted by atomic mass is 9.83. The van der Waals surface area contributed by atoms with Crippen LogP contribution in [0.2, 0.25) is 0 Å². The van der Waals surface area contributed by atoms with Gasteiger partial charge in [0.1, 0.15) is 0 Å². The molecule has 290 valence electrons. The smallest absolute Gasteiger partial charge is 0.0972 e. The Morgan fingerprint density at radius 2 is 0.484 bits per heavy atom. The minimum Gasteiger partial charge on any atom is -0.246 e. The van der Waals surface area contributed by atoms with Crippen molar-refractivity contribution in [1.29, 1.82) is 0 Å². The zero-order valence-corrected chi connectivity index (χ0v) is 33.9. The minimum absolute atomic E-state index is 0.907. The summed E-state index contributed by atoms with van der Waals surface area (Å²) in [6, 6.07) is 83.4. The van der Waals surface area contributed by atoms with Crippen LogP contribution in [0, 0.1) is 0 Å². The molecule has 0 fully saturated rings. The van der Waals surface area contributed by atoms with E-state index in [1.165, 1.54) is 0 Å². The van der Waals surface area contributed by atoms with Crippen molar-refractivity contribution in [2.75, 3.05) is 0 Å². The molecule has 3 heterocycles. The van der Waals surface area contributed by atoms with Crippen LogP contribution in [0.4, 0.5) is 0 Å². The lowest BCUT2D eigenvalue weighted by Gasteiger charge is -2.23. The summed E-state index contributed by atoms with van der Waals surface area (Å²) in [6.07, 6.45) is 0. The Morgan fingerprint density at radius 1 is 0.194 bits per heavy atom. The molecule has 0 bridgehead atoms. The number of nitrogens with zero attached hydrogens (tertiary/aromatic N) is 3. The van der Waals surface area contributed by atoms with E-state index >= 15 is 0 Å². The van der Waals surface area contributed by atoms with Gasteiger partial charge in [-0.15, -0.1) is 0 Å². The summed E-state index contributed by atoms with van der Waals surface area (Å²) in [7, 11) is 0. The van der Waals surface area contributed by atoms with Gasteiger partial charge < -0.3 is 0 Å². The molecule has 3 nitrogen and oxygen atoms in total. The van der Waals surface area contributed by atoms with Crippen molar-refractivity contribution in [3.05, 3.63) is 237 Å². The third-order valence-corrected chi connectivity index (χ3v) is 11.7. The third kappa shape index (κ3) is 6.92. The van der Waals surface area contributed by atoms with Crippen molar-refractivity contribution in [3.8, 4) is 89.5 Å². The first kappa shape index (κ1) is 36.8. The van der Waals surface area contributed by atoms with Gasteiger partial charge in [-0.3, -0.25) is 0 Å². The van der Waals surface area contributed by atoms with Gasteiger partial charge in [-0.25, -0.2) is 15.0 Å². The highest BCUT2D eigenvalue weighted by atomic mass is 14.8. The fraction of sp³-hybridized carbons (Fsp3) is 0. The molecule has 3 aromatic heterocycles. The maximum absolute atomic E-state index is 5.59. The number of hydrogen-bond acceptors (Lipinski definition) is 3. The third-order valence-electron chi connectivity index (χ3n) is 11.7. The Hall–Kier alpha value is -8.27. The lowest BCUT2D eigenvalue weighted by molar-refractivity contribution is 1.32. The molecule has 0 aliphatic carbocycles. The monoisotopic (exact) mass is 789 g/mol. The van der Waals surface area contributed by atoms with E-state index in [0.717, 1.165) is 111 Å². The number of fused-ring (bicyclic) bond motifs is 3. The van der Waals surface area contributed by atoms with Crippen LogP contribution in [-0.4, -0.2) is 15.0 Å². The molecule has 0 saturated heterocycles. The van der Waals surface area contributed by atoms with Crippen LogP contribution in [-0.2, 0) is 0 Å². The Labute approximate surface area is 361 Å². The predicted molar refractivity (Wildman–Crippen MR) is 258 cm³/mol. The molecule has 62 heavy (non-hydrogen) atoms. The molecule has 0 amide bonds. The van der Waals surface area contributed by atoms with Crippen LogP contribution in [0.15, 0.2) is 237 Å². The van der Waals surface area contributed by atoms with E-state index in [1.807, 2.05) is 18.2 Å². The SMILES string of the molecule is c1ccc(-c2ccc3ccc4ccc(-c5ccc(-c6ccc(-c7c(-c8ccccc8)c(-c8ccccc8)nc(-c8ccccc8)c7-c7ccccc7)cc6)cc5)nc4c3n2)cc1. The van der Waals surface area contributed by atoms with E-state index < -0.39 is 0 Å². The van der Waals surface area contributed by atoms with Gasteiger partial charge in [-0.05, 0) is 39.9 Å². The largest absolute Gasteiger partial charge is 0.246 e. The van der Waals surface area contributed by atoms with Crippen LogP contribution in [0.1, 0.15) is 0 Å². The molecule has 0 aliphatic heterocycles. The number of benzene rings is 8. The zero-order chi connectivity index (χ0) is 41.2. The first-order valence-corrected chi connectivity index (χ1v) is 21.0. The molecule has 0 radical (unpaired) electrons. The Morgan fingerprint density at radius 3 is 0.887 bits per heavy atom. The predicted octanol–water partition coefficient (Wildman–Crippen LogP) is 15.5. The molecule has 8 aromatic carbocycles. The molecular weight excluding hydrogens is 751 g/mol. The van der Waals surface area contributed by atoms with Crippen LogP contribution >= 0.6 is 0 Å². The van der Waals surface area contributed by atoms with Crippen molar-refractivity contribution in [2.24, 2.45) is 0 Å². The van der Waals surface area contributed by atoms with Crippen molar-refractivity contribution in [2.45, 2.75) is 0 Å². The topological polar surface area (TPSA) is 38.7 Å². The van der Waals surface area contributed by atoms with Crippen molar-refractivity contribution >= 4 is 21.8 Å². The summed E-state index contributed by atoms with van der Waals surface area (Å²) >= 11 is 0. The highest BCUT2D eigenvalue weighted by Gasteiger charge is 2.25. The summed E-state index contributed by atoms with van der Waals surface area (Å²) in [5.74, 6) is 0. The average Bonchev–Trinajstić information content (AvgIpc) is 3.37. The molecule has 0 aliphatic rings. The second kappa shape index (κ2) is 16.1. The molecule has 0 atom stereocenters. The van der Waals surface area contributed by atoms with Crippen molar-refractivity contribution in [1.82, 2.24) is 15.0 Å². The second-order valence-corrected chi connectivity index (χ2v) is 15.5. The summed E-state index contributed by atoms with van der Waals surface area (Å²) in [5.41, 5.74) is 18.9. The number of aromatic nitrogens is 3. The van der Waals surface area contributed by atoms with Gasteiger partial charge in [-0.1, -0.05) is 224 Å². The van der Waals surface area contributed by atoms with E-state index in [-0.39, 0.29) is 0 Å².